The van der Waals surface area contributed by atoms with E-state index in [0.717, 1.165) is 26.4 Å². The van der Waals surface area contributed by atoms with Gasteiger partial charge in [-0.2, -0.15) is 0 Å². The molecule has 7 heteroatoms. The van der Waals surface area contributed by atoms with E-state index >= 15 is 0 Å². The van der Waals surface area contributed by atoms with E-state index in [1.807, 2.05) is 31.2 Å². The van der Waals surface area contributed by atoms with Gasteiger partial charge in [0, 0.05) is 23.3 Å². The summed E-state index contributed by atoms with van der Waals surface area (Å²) < 4.78 is 24.0. The third kappa shape index (κ3) is 4.57. The largest absolute Gasteiger partial charge is 0.387 e. The molecule has 5 atom stereocenters. The average Bonchev–Trinajstić information content (AvgIpc) is 3.23. The smallest absolute Gasteiger partial charge is 0.186 e. The maximum atomic E-state index is 13.2. The number of thiophene rings is 1. The van der Waals surface area contributed by atoms with Crippen molar-refractivity contribution in [2.24, 2.45) is 0 Å². The summed E-state index contributed by atoms with van der Waals surface area (Å²) in [4.78, 5) is 2.21. The third-order valence-corrected chi connectivity index (χ3v) is 6.79. The molecule has 31 heavy (non-hydrogen) atoms. The van der Waals surface area contributed by atoms with Gasteiger partial charge in [0.2, 0.25) is 0 Å². The number of benzene rings is 2. The summed E-state index contributed by atoms with van der Waals surface area (Å²) in [5.74, 6) is -0.256. The molecule has 0 aliphatic carbocycles. The number of hydrogen-bond acceptors (Lipinski definition) is 6. The van der Waals surface area contributed by atoms with Gasteiger partial charge in [0.05, 0.1) is 0 Å². The molecule has 164 valence electrons. The van der Waals surface area contributed by atoms with Crippen LogP contribution >= 0.6 is 11.3 Å². The van der Waals surface area contributed by atoms with Crippen molar-refractivity contribution in [3.63, 3.8) is 0 Å². The van der Waals surface area contributed by atoms with Gasteiger partial charge in [0.15, 0.2) is 6.29 Å². The highest BCUT2D eigenvalue weighted by Gasteiger charge is 2.44. The van der Waals surface area contributed by atoms with E-state index in [1.165, 1.54) is 19.2 Å². The Kier molecular flexibility index (Phi) is 6.52. The standard InChI is InChI=1S/C24H25FO5S/c1-13-3-4-15(23-21(27)20(26)22(28)24(29-2)30-23)11-16(13)12-18-9-10-19(31-18)14-5-7-17(25)8-6-14/h3-11,20-24,26-28H,12H2,1-2H3/t20-,21-,22+,23+,24+/m1/s1. The van der Waals surface area contributed by atoms with E-state index < -0.39 is 30.7 Å². The van der Waals surface area contributed by atoms with Crippen LogP contribution < -0.4 is 0 Å². The van der Waals surface area contributed by atoms with Crippen molar-refractivity contribution in [1.82, 2.24) is 0 Å². The van der Waals surface area contributed by atoms with E-state index in [4.69, 9.17) is 9.47 Å². The summed E-state index contributed by atoms with van der Waals surface area (Å²) in [6.07, 6.45) is -5.12. The molecule has 1 aromatic heterocycles. The van der Waals surface area contributed by atoms with Crippen molar-refractivity contribution in [2.45, 2.75) is 44.1 Å². The van der Waals surface area contributed by atoms with Crippen LogP contribution in [0.3, 0.4) is 0 Å². The first kappa shape index (κ1) is 22.1. The van der Waals surface area contributed by atoms with Crippen LogP contribution in [0.4, 0.5) is 4.39 Å². The van der Waals surface area contributed by atoms with Gasteiger partial charge < -0.3 is 24.8 Å². The van der Waals surface area contributed by atoms with E-state index in [1.54, 1.807) is 23.5 Å². The molecule has 0 bridgehead atoms. The second-order valence-electron chi connectivity index (χ2n) is 7.77. The summed E-state index contributed by atoms with van der Waals surface area (Å²) in [7, 11) is 1.38. The van der Waals surface area contributed by atoms with Crippen LogP contribution in [-0.2, 0) is 15.9 Å². The van der Waals surface area contributed by atoms with Crippen molar-refractivity contribution in [2.75, 3.05) is 7.11 Å². The third-order valence-electron chi connectivity index (χ3n) is 5.66. The molecule has 1 aliphatic rings. The minimum atomic E-state index is -1.37. The van der Waals surface area contributed by atoms with Gasteiger partial charge in [-0.25, -0.2) is 4.39 Å². The molecule has 3 N–H and O–H groups in total. The monoisotopic (exact) mass is 444 g/mol. The fraction of sp³-hybridized carbons (Fsp3) is 0.333. The molecule has 0 amide bonds. The quantitative estimate of drug-likeness (QED) is 0.561. The molecular weight excluding hydrogens is 419 g/mol. The number of hydrogen-bond donors (Lipinski definition) is 3. The second kappa shape index (κ2) is 9.16. The van der Waals surface area contributed by atoms with Gasteiger partial charge in [-0.3, -0.25) is 0 Å². The van der Waals surface area contributed by atoms with Crippen molar-refractivity contribution in [1.29, 1.82) is 0 Å². The van der Waals surface area contributed by atoms with Gasteiger partial charge in [-0.05, 0) is 53.4 Å². The Balaban J connectivity index is 1.57. The SMILES string of the molecule is CO[C@H]1O[C@@H](c2ccc(C)c(Cc3ccc(-c4ccc(F)cc4)s3)c2)[C@H](O)[C@@H](O)[C@@H]1O. The molecule has 0 spiro atoms. The number of halogens is 1. The molecular formula is C24H25FO5S. The van der Waals surface area contributed by atoms with Crippen molar-refractivity contribution in [3.05, 3.63) is 82.0 Å². The highest BCUT2D eigenvalue weighted by atomic mass is 32.1. The lowest BCUT2D eigenvalue weighted by atomic mass is 9.91. The van der Waals surface area contributed by atoms with Crippen LogP contribution in [0, 0.1) is 12.7 Å². The predicted octanol–water partition coefficient (Wildman–Crippen LogP) is 3.58. The van der Waals surface area contributed by atoms with E-state index in [-0.39, 0.29) is 5.82 Å². The lowest BCUT2D eigenvalue weighted by Gasteiger charge is -2.40. The van der Waals surface area contributed by atoms with Crippen LogP contribution in [0.1, 0.15) is 27.7 Å². The Morgan fingerprint density at radius 2 is 1.71 bits per heavy atom. The minimum Gasteiger partial charge on any atom is -0.387 e. The molecule has 2 heterocycles. The Morgan fingerprint density at radius 1 is 0.968 bits per heavy atom. The maximum absolute atomic E-state index is 13.2. The minimum absolute atomic E-state index is 0.256. The summed E-state index contributed by atoms with van der Waals surface area (Å²) in [5.41, 5.74) is 3.83. The number of aliphatic hydroxyl groups excluding tert-OH is 3. The number of methoxy groups -OCH3 is 1. The van der Waals surface area contributed by atoms with Gasteiger partial charge >= 0.3 is 0 Å². The maximum Gasteiger partial charge on any atom is 0.186 e. The first-order chi connectivity index (χ1) is 14.9. The number of ether oxygens (including phenoxy) is 2. The second-order valence-corrected chi connectivity index (χ2v) is 8.94. The topological polar surface area (TPSA) is 79.2 Å². The first-order valence-electron chi connectivity index (χ1n) is 10.0. The zero-order chi connectivity index (χ0) is 22.1. The number of aryl methyl sites for hydroxylation is 1. The van der Waals surface area contributed by atoms with E-state index in [9.17, 15) is 19.7 Å². The lowest BCUT2D eigenvalue weighted by molar-refractivity contribution is -0.292. The van der Waals surface area contributed by atoms with Crippen molar-refractivity contribution >= 4 is 11.3 Å². The first-order valence-corrected chi connectivity index (χ1v) is 10.9. The Hall–Kier alpha value is -2.13. The van der Waals surface area contributed by atoms with Crippen LogP contribution in [0.5, 0.6) is 0 Å². The summed E-state index contributed by atoms with van der Waals surface area (Å²) in [5, 5.41) is 30.6. The zero-order valence-electron chi connectivity index (χ0n) is 17.2. The molecule has 0 saturated carbocycles. The highest BCUT2D eigenvalue weighted by Crippen LogP contribution is 2.35. The van der Waals surface area contributed by atoms with Gasteiger partial charge in [-0.15, -0.1) is 11.3 Å². The molecule has 1 aliphatic heterocycles. The van der Waals surface area contributed by atoms with Crippen molar-refractivity contribution in [3.8, 4) is 10.4 Å². The Bertz CT molecular complexity index is 1030. The molecule has 4 rings (SSSR count). The predicted molar refractivity (Wildman–Crippen MR) is 116 cm³/mol. The Labute approximate surface area is 184 Å². The molecule has 3 aromatic rings. The summed E-state index contributed by atoms with van der Waals surface area (Å²) in [6, 6.07) is 16.3. The molecule has 0 unspecified atom stereocenters. The van der Waals surface area contributed by atoms with E-state index in [2.05, 4.69) is 6.07 Å². The van der Waals surface area contributed by atoms with E-state index in [0.29, 0.717) is 12.0 Å². The molecule has 2 aromatic carbocycles. The highest BCUT2D eigenvalue weighted by molar-refractivity contribution is 7.15. The lowest BCUT2D eigenvalue weighted by Crippen LogP contribution is -2.54. The van der Waals surface area contributed by atoms with Crippen LogP contribution in [-0.4, -0.2) is 47.0 Å². The molecule has 1 saturated heterocycles. The van der Waals surface area contributed by atoms with Crippen LogP contribution in [0.15, 0.2) is 54.6 Å². The average molecular weight is 445 g/mol. The Morgan fingerprint density at radius 3 is 2.42 bits per heavy atom. The zero-order valence-corrected chi connectivity index (χ0v) is 18.1. The number of aliphatic hydroxyl groups is 3. The van der Waals surface area contributed by atoms with Crippen LogP contribution in [0.2, 0.25) is 0 Å². The fourth-order valence-electron chi connectivity index (χ4n) is 3.81. The molecule has 0 radical (unpaired) electrons. The summed E-state index contributed by atoms with van der Waals surface area (Å²) >= 11 is 1.65. The van der Waals surface area contributed by atoms with Crippen LogP contribution in [0.25, 0.3) is 10.4 Å². The normalized spacial score (nSPS) is 26.2. The van der Waals surface area contributed by atoms with Gasteiger partial charge in [-0.1, -0.05) is 30.3 Å². The molecule has 1 fully saturated rings. The summed E-state index contributed by atoms with van der Waals surface area (Å²) in [6.45, 7) is 2.02. The van der Waals surface area contributed by atoms with Gasteiger partial charge in [0.25, 0.3) is 0 Å². The number of rotatable bonds is 5. The fourth-order valence-corrected chi connectivity index (χ4v) is 4.84. The molecule has 5 nitrogen and oxygen atoms in total. The van der Waals surface area contributed by atoms with Gasteiger partial charge in [0.1, 0.15) is 30.2 Å². The van der Waals surface area contributed by atoms with Crippen molar-refractivity contribution < 1.29 is 29.2 Å².